The molecule has 30 heavy (non-hydrogen) atoms. The zero-order valence-corrected chi connectivity index (χ0v) is 16.5. The number of phenolic OH excluding ortho intramolecular Hbond substituents is 1. The van der Waals surface area contributed by atoms with Gasteiger partial charge < -0.3 is 29.9 Å². The van der Waals surface area contributed by atoms with Crippen LogP contribution in [0, 0.1) is 0 Å². The molecule has 0 spiro atoms. The number of phenols is 1. The second-order valence-corrected chi connectivity index (χ2v) is 8.08. The Hall–Kier alpha value is -2.84. The molecule has 0 bridgehead atoms. The van der Waals surface area contributed by atoms with E-state index < -0.39 is 73.8 Å². The molecule has 1 amide bonds. The van der Waals surface area contributed by atoms with Crippen molar-refractivity contribution in [2.24, 2.45) is 4.40 Å². The average Bonchev–Trinajstić information content (AvgIpc) is 2.80. The first-order chi connectivity index (χ1) is 13.7. The quantitative estimate of drug-likeness (QED) is 0.589. The number of alkyl halides is 3. The standard InChI is InChI=1S/C16H16F3N3O7S/c1-6-28-15(29-6)12-10(13(24)21-30(12,26)27)20-8-5-4-7(16(17,18)19)9(11(8)23)14(25)22(2)3/h4-6,15,20,23H,1-3H3,(H,21,24). The zero-order valence-electron chi connectivity index (χ0n) is 15.7. The van der Waals surface area contributed by atoms with E-state index in [1.54, 1.807) is 0 Å². The molecule has 14 heteroatoms. The van der Waals surface area contributed by atoms with E-state index in [0.29, 0.717) is 6.07 Å². The zero-order chi connectivity index (χ0) is 22.6. The van der Waals surface area contributed by atoms with Gasteiger partial charge >= 0.3 is 6.18 Å². The van der Waals surface area contributed by atoms with Crippen molar-refractivity contribution in [3.05, 3.63) is 33.9 Å². The lowest BCUT2D eigenvalue weighted by Gasteiger charge is -2.34. The molecule has 3 rings (SSSR count). The molecule has 10 nitrogen and oxygen atoms in total. The highest BCUT2D eigenvalue weighted by molar-refractivity contribution is 7.94. The second-order valence-electron chi connectivity index (χ2n) is 6.51. The minimum atomic E-state index is -4.95. The number of halogens is 3. The lowest BCUT2D eigenvalue weighted by Crippen LogP contribution is -2.42. The van der Waals surface area contributed by atoms with E-state index >= 15 is 0 Å². The van der Waals surface area contributed by atoms with Crippen molar-refractivity contribution in [2.75, 3.05) is 19.4 Å². The van der Waals surface area contributed by atoms with Gasteiger partial charge in [-0.05, 0) is 19.1 Å². The highest BCUT2D eigenvalue weighted by Crippen LogP contribution is 2.41. The number of aliphatic hydroxyl groups excluding tert-OH is 1. The number of hydrogen-bond donors (Lipinski definition) is 3. The molecule has 0 atom stereocenters. The van der Waals surface area contributed by atoms with Crippen LogP contribution >= 0.6 is 0 Å². The summed E-state index contributed by atoms with van der Waals surface area (Å²) < 4.78 is 77.6. The summed E-state index contributed by atoms with van der Waals surface area (Å²) in [6.07, 6.45) is -7.10. The van der Waals surface area contributed by atoms with E-state index in [2.05, 4.69) is 9.71 Å². The Balaban J connectivity index is 2.13. The Morgan fingerprint density at radius 2 is 1.83 bits per heavy atom. The maximum absolute atomic E-state index is 13.3. The van der Waals surface area contributed by atoms with Gasteiger partial charge in [0, 0.05) is 14.1 Å². The number of hydrogen-bond acceptors (Lipinski definition) is 7. The molecule has 1 aromatic carbocycles. The SMILES string of the molecule is CC1OC(C2=C(Nc3ccc(C(F)(F)F)c(C(=O)N(C)C)c3O)C(O)=NS2(=O)=O)O1. The third kappa shape index (κ3) is 3.68. The predicted octanol–water partition coefficient (Wildman–Crippen LogP) is 1.76. The van der Waals surface area contributed by atoms with Gasteiger partial charge in [0.15, 0.2) is 16.9 Å². The van der Waals surface area contributed by atoms with E-state index in [1.807, 2.05) is 0 Å². The topological polar surface area (TPSA) is 138 Å². The molecule has 0 saturated carbocycles. The summed E-state index contributed by atoms with van der Waals surface area (Å²) in [5.41, 5.74) is -3.49. The van der Waals surface area contributed by atoms with Crippen molar-refractivity contribution in [3.8, 4) is 5.75 Å². The normalized spacial score (nSPS) is 23.1. The highest BCUT2D eigenvalue weighted by Gasteiger charge is 2.45. The molecule has 1 saturated heterocycles. The van der Waals surface area contributed by atoms with Gasteiger partial charge in [-0.25, -0.2) is 0 Å². The fraction of sp³-hybridized carbons (Fsp3) is 0.375. The molecule has 0 aliphatic carbocycles. The number of nitrogens with one attached hydrogen (secondary N) is 1. The van der Waals surface area contributed by atoms with Crippen molar-refractivity contribution >= 4 is 27.5 Å². The van der Waals surface area contributed by atoms with Gasteiger partial charge in [0.2, 0.25) is 12.2 Å². The molecule has 2 aliphatic rings. The molecule has 0 unspecified atom stereocenters. The fourth-order valence-corrected chi connectivity index (χ4v) is 3.96. The highest BCUT2D eigenvalue weighted by atomic mass is 32.2. The van der Waals surface area contributed by atoms with Gasteiger partial charge in [0.05, 0.1) is 16.8 Å². The first-order valence-corrected chi connectivity index (χ1v) is 9.69. The van der Waals surface area contributed by atoms with Crippen LogP contribution in [0.3, 0.4) is 0 Å². The summed E-state index contributed by atoms with van der Waals surface area (Å²) in [6, 6.07) is 1.31. The van der Waals surface area contributed by atoms with E-state index in [1.165, 1.54) is 21.0 Å². The summed E-state index contributed by atoms with van der Waals surface area (Å²) in [5.74, 6) is -3.26. The molecular weight excluding hydrogens is 435 g/mol. The van der Waals surface area contributed by atoms with Crippen LogP contribution < -0.4 is 5.32 Å². The monoisotopic (exact) mass is 451 g/mol. The van der Waals surface area contributed by atoms with Crippen LogP contribution in [0.2, 0.25) is 0 Å². The number of sulfonamides is 1. The first-order valence-electron chi connectivity index (χ1n) is 8.25. The average molecular weight is 451 g/mol. The third-order valence-electron chi connectivity index (χ3n) is 4.16. The summed E-state index contributed by atoms with van der Waals surface area (Å²) in [5, 5.41) is 22.6. The van der Waals surface area contributed by atoms with Gasteiger partial charge in [-0.3, -0.25) is 4.79 Å². The Kier molecular flexibility index (Phi) is 5.20. The van der Waals surface area contributed by atoms with Crippen LogP contribution in [0.4, 0.5) is 18.9 Å². The minimum Gasteiger partial charge on any atom is -0.505 e. The number of aliphatic hydroxyl groups is 1. The number of rotatable bonds is 4. The van der Waals surface area contributed by atoms with E-state index in [-0.39, 0.29) is 0 Å². The van der Waals surface area contributed by atoms with E-state index in [9.17, 15) is 36.6 Å². The molecule has 1 fully saturated rings. The van der Waals surface area contributed by atoms with Gasteiger partial charge in [-0.2, -0.15) is 21.6 Å². The van der Waals surface area contributed by atoms with E-state index in [4.69, 9.17) is 9.47 Å². The Labute approximate surface area is 168 Å². The number of ether oxygens (including phenoxy) is 2. The van der Waals surface area contributed by atoms with Crippen molar-refractivity contribution < 1.29 is 46.1 Å². The number of benzene rings is 1. The summed E-state index contributed by atoms with van der Waals surface area (Å²) in [4.78, 5) is 12.5. The molecule has 0 aromatic heterocycles. The number of anilines is 1. The molecule has 3 N–H and O–H groups in total. The number of aromatic hydroxyl groups is 1. The lowest BCUT2D eigenvalue weighted by atomic mass is 10.0. The largest absolute Gasteiger partial charge is 0.505 e. The van der Waals surface area contributed by atoms with Crippen molar-refractivity contribution in [1.82, 2.24) is 4.90 Å². The van der Waals surface area contributed by atoms with E-state index in [0.717, 1.165) is 11.0 Å². The number of carbonyl (C=O) groups excluding carboxylic acids is 1. The predicted molar refractivity (Wildman–Crippen MR) is 96.2 cm³/mol. The van der Waals surface area contributed by atoms with Crippen LogP contribution in [-0.2, 0) is 25.7 Å². The third-order valence-corrected chi connectivity index (χ3v) is 5.53. The number of amides is 1. The van der Waals surface area contributed by atoms with Crippen LogP contribution in [0.5, 0.6) is 5.75 Å². The summed E-state index contributed by atoms with van der Waals surface area (Å²) >= 11 is 0. The summed E-state index contributed by atoms with van der Waals surface area (Å²) in [7, 11) is -2.02. The first kappa shape index (κ1) is 21.9. The van der Waals surface area contributed by atoms with Crippen LogP contribution in [-0.4, -0.2) is 62.0 Å². The van der Waals surface area contributed by atoms with Crippen molar-refractivity contribution in [3.63, 3.8) is 0 Å². The fourth-order valence-electron chi connectivity index (χ4n) is 2.79. The molecule has 2 heterocycles. The second kappa shape index (κ2) is 7.14. The van der Waals surface area contributed by atoms with Gasteiger partial charge in [0.1, 0.15) is 5.70 Å². The van der Waals surface area contributed by atoms with Crippen LogP contribution in [0.1, 0.15) is 22.8 Å². The Morgan fingerprint density at radius 1 is 1.23 bits per heavy atom. The molecule has 164 valence electrons. The minimum absolute atomic E-state index is 0.480. The Bertz CT molecular complexity index is 1070. The van der Waals surface area contributed by atoms with Crippen LogP contribution in [0.15, 0.2) is 27.1 Å². The number of nitrogens with zero attached hydrogens (tertiary/aromatic N) is 2. The molecular formula is C16H16F3N3O7S. The molecule has 0 radical (unpaired) electrons. The van der Waals surface area contributed by atoms with Crippen molar-refractivity contribution in [2.45, 2.75) is 25.7 Å². The van der Waals surface area contributed by atoms with Crippen LogP contribution in [0.25, 0.3) is 0 Å². The summed E-state index contributed by atoms with van der Waals surface area (Å²) in [6.45, 7) is 1.48. The smallest absolute Gasteiger partial charge is 0.417 e. The maximum Gasteiger partial charge on any atom is 0.417 e. The Morgan fingerprint density at radius 3 is 2.33 bits per heavy atom. The molecule has 1 aromatic rings. The number of carbonyl (C=O) groups is 1. The van der Waals surface area contributed by atoms with Gasteiger partial charge in [-0.15, -0.1) is 4.40 Å². The maximum atomic E-state index is 13.3. The van der Waals surface area contributed by atoms with Gasteiger partial charge in [0.25, 0.3) is 15.9 Å². The van der Waals surface area contributed by atoms with Gasteiger partial charge in [-0.1, -0.05) is 0 Å². The van der Waals surface area contributed by atoms with Crippen molar-refractivity contribution in [1.29, 1.82) is 0 Å². The lowest BCUT2D eigenvalue weighted by molar-refractivity contribution is -0.356. The molecule has 2 aliphatic heterocycles.